The van der Waals surface area contributed by atoms with Crippen molar-refractivity contribution < 1.29 is 14.5 Å². The highest BCUT2D eigenvalue weighted by Crippen LogP contribution is 2.29. The van der Waals surface area contributed by atoms with Gasteiger partial charge < -0.3 is 4.74 Å². The van der Waals surface area contributed by atoms with Gasteiger partial charge in [-0.1, -0.05) is 12.1 Å². The minimum absolute atomic E-state index is 0.0202. The van der Waals surface area contributed by atoms with Crippen LogP contribution >= 0.6 is 11.3 Å². The third-order valence-electron chi connectivity index (χ3n) is 2.77. The lowest BCUT2D eigenvalue weighted by Gasteiger charge is -1.99. The molecule has 21 heavy (non-hydrogen) atoms. The number of nitro groups is 1. The number of thiazole rings is 1. The molecule has 1 aromatic carbocycles. The van der Waals surface area contributed by atoms with Crippen molar-refractivity contribution in [2.24, 2.45) is 0 Å². The van der Waals surface area contributed by atoms with E-state index >= 15 is 0 Å². The SMILES string of the molecule is CCOC(=O)Cc1nc(-c2cccc([N+](=O)[O-])c2)c(C)s1. The minimum atomic E-state index is -0.440. The van der Waals surface area contributed by atoms with Gasteiger partial charge >= 0.3 is 5.97 Å². The third-order valence-corrected chi connectivity index (χ3v) is 3.74. The highest BCUT2D eigenvalue weighted by molar-refractivity contribution is 7.12. The Hall–Kier alpha value is -2.28. The van der Waals surface area contributed by atoms with Gasteiger partial charge in [-0.2, -0.15) is 0 Å². The zero-order valence-corrected chi connectivity index (χ0v) is 12.5. The number of hydrogen-bond donors (Lipinski definition) is 0. The van der Waals surface area contributed by atoms with E-state index in [1.54, 1.807) is 19.1 Å². The van der Waals surface area contributed by atoms with E-state index in [-0.39, 0.29) is 18.1 Å². The highest BCUT2D eigenvalue weighted by atomic mass is 32.1. The molecule has 0 atom stereocenters. The third kappa shape index (κ3) is 3.63. The lowest BCUT2D eigenvalue weighted by Crippen LogP contribution is -2.07. The Morgan fingerprint density at radius 3 is 2.90 bits per heavy atom. The number of hydrogen-bond acceptors (Lipinski definition) is 6. The Bertz CT molecular complexity index is 681. The van der Waals surface area contributed by atoms with Crippen LogP contribution in [0.2, 0.25) is 0 Å². The summed E-state index contributed by atoms with van der Waals surface area (Å²) in [6.45, 7) is 3.96. The lowest BCUT2D eigenvalue weighted by atomic mass is 10.1. The Morgan fingerprint density at radius 1 is 1.48 bits per heavy atom. The number of carbonyl (C=O) groups excluding carboxylic acids is 1. The van der Waals surface area contributed by atoms with Crippen LogP contribution in [0.4, 0.5) is 5.69 Å². The summed E-state index contributed by atoms with van der Waals surface area (Å²) >= 11 is 1.40. The predicted molar refractivity (Wildman–Crippen MR) is 79.3 cm³/mol. The van der Waals surface area contributed by atoms with E-state index in [1.165, 1.54) is 23.5 Å². The second kappa shape index (κ2) is 6.45. The lowest BCUT2D eigenvalue weighted by molar-refractivity contribution is -0.384. The standard InChI is InChI=1S/C14H14N2O4S/c1-3-20-13(17)8-12-15-14(9(2)21-12)10-5-4-6-11(7-10)16(18)19/h4-7H,3,8H2,1-2H3. The number of nitrogens with zero attached hydrogens (tertiary/aromatic N) is 2. The maximum absolute atomic E-state index is 11.5. The molecule has 0 saturated carbocycles. The molecule has 0 aliphatic rings. The summed E-state index contributed by atoms with van der Waals surface area (Å²) in [5.74, 6) is -0.322. The van der Waals surface area contributed by atoms with Crippen molar-refractivity contribution >= 4 is 23.0 Å². The molecule has 0 bridgehead atoms. The molecule has 110 valence electrons. The number of aryl methyl sites for hydroxylation is 1. The van der Waals surface area contributed by atoms with Crippen LogP contribution in [0.3, 0.4) is 0 Å². The molecule has 0 amide bonds. The van der Waals surface area contributed by atoms with Crippen molar-refractivity contribution in [3.63, 3.8) is 0 Å². The van der Waals surface area contributed by atoms with E-state index in [9.17, 15) is 14.9 Å². The van der Waals surface area contributed by atoms with Gasteiger partial charge in [-0.25, -0.2) is 4.98 Å². The van der Waals surface area contributed by atoms with Gasteiger partial charge in [0.15, 0.2) is 0 Å². The number of nitro benzene ring substituents is 1. The molecular weight excluding hydrogens is 292 g/mol. The molecule has 2 aromatic rings. The Kier molecular flexibility index (Phi) is 4.64. The van der Waals surface area contributed by atoms with Gasteiger partial charge in [-0.05, 0) is 13.8 Å². The highest BCUT2D eigenvalue weighted by Gasteiger charge is 2.15. The van der Waals surface area contributed by atoms with Crippen LogP contribution in [0.1, 0.15) is 16.8 Å². The van der Waals surface area contributed by atoms with E-state index in [0.29, 0.717) is 22.9 Å². The summed E-state index contributed by atoms with van der Waals surface area (Å²) in [7, 11) is 0. The molecule has 0 radical (unpaired) electrons. The average Bonchev–Trinajstić information content (AvgIpc) is 2.79. The fourth-order valence-electron chi connectivity index (χ4n) is 1.90. The number of esters is 1. The summed E-state index contributed by atoms with van der Waals surface area (Å²) in [6.07, 6.45) is 0.119. The quantitative estimate of drug-likeness (QED) is 0.481. The van der Waals surface area contributed by atoms with Gasteiger partial charge in [0, 0.05) is 22.6 Å². The van der Waals surface area contributed by atoms with E-state index in [4.69, 9.17) is 4.74 Å². The summed E-state index contributed by atoms with van der Waals surface area (Å²) in [5, 5.41) is 11.5. The molecule has 7 heteroatoms. The van der Waals surface area contributed by atoms with Crippen molar-refractivity contribution in [3.8, 4) is 11.3 Å². The molecular formula is C14H14N2O4S. The zero-order chi connectivity index (χ0) is 15.4. The Labute approximate surface area is 125 Å². The molecule has 0 aliphatic heterocycles. The predicted octanol–water partition coefficient (Wildman–Crippen LogP) is 3.13. The van der Waals surface area contributed by atoms with Crippen LogP contribution in [-0.4, -0.2) is 22.5 Å². The van der Waals surface area contributed by atoms with Crippen molar-refractivity contribution in [1.29, 1.82) is 0 Å². The van der Waals surface area contributed by atoms with E-state index in [0.717, 1.165) is 4.88 Å². The zero-order valence-electron chi connectivity index (χ0n) is 11.7. The number of carbonyl (C=O) groups is 1. The van der Waals surface area contributed by atoms with Crippen molar-refractivity contribution in [2.75, 3.05) is 6.61 Å². The van der Waals surface area contributed by atoms with Gasteiger partial charge in [0.25, 0.3) is 5.69 Å². The number of aromatic nitrogens is 1. The molecule has 0 aliphatic carbocycles. The first-order chi connectivity index (χ1) is 10.0. The minimum Gasteiger partial charge on any atom is -0.466 e. The average molecular weight is 306 g/mol. The van der Waals surface area contributed by atoms with Crippen molar-refractivity contribution in [3.05, 3.63) is 44.3 Å². The molecule has 0 spiro atoms. The maximum atomic E-state index is 11.5. The largest absolute Gasteiger partial charge is 0.466 e. The summed E-state index contributed by atoms with van der Waals surface area (Å²) < 4.78 is 4.89. The molecule has 2 rings (SSSR count). The fourth-order valence-corrected chi connectivity index (χ4v) is 2.84. The molecule has 0 N–H and O–H groups in total. The summed E-state index contributed by atoms with van der Waals surface area (Å²) in [4.78, 5) is 27.2. The van der Waals surface area contributed by atoms with Crippen LogP contribution in [0, 0.1) is 17.0 Å². The summed E-state index contributed by atoms with van der Waals surface area (Å²) in [6, 6.07) is 6.31. The van der Waals surface area contributed by atoms with Crippen LogP contribution < -0.4 is 0 Å². The molecule has 1 heterocycles. The van der Waals surface area contributed by atoms with E-state index in [1.807, 2.05) is 6.92 Å². The first-order valence-corrected chi connectivity index (χ1v) is 7.19. The van der Waals surface area contributed by atoms with Crippen LogP contribution in [0.5, 0.6) is 0 Å². The fraction of sp³-hybridized carbons (Fsp3) is 0.286. The number of ether oxygens (including phenoxy) is 1. The van der Waals surface area contributed by atoms with Gasteiger partial charge in [0.1, 0.15) is 5.01 Å². The molecule has 6 nitrogen and oxygen atoms in total. The Balaban J connectivity index is 2.28. The van der Waals surface area contributed by atoms with Gasteiger partial charge in [0.2, 0.25) is 0 Å². The second-order valence-corrected chi connectivity index (χ2v) is 5.59. The van der Waals surface area contributed by atoms with Gasteiger partial charge in [-0.3, -0.25) is 14.9 Å². The molecule has 0 saturated heterocycles. The Morgan fingerprint density at radius 2 is 2.24 bits per heavy atom. The molecule has 0 fully saturated rings. The van der Waals surface area contributed by atoms with Gasteiger partial charge in [0.05, 0.1) is 23.6 Å². The van der Waals surface area contributed by atoms with Crippen molar-refractivity contribution in [2.45, 2.75) is 20.3 Å². The van der Waals surface area contributed by atoms with Crippen LogP contribution in [0.15, 0.2) is 24.3 Å². The van der Waals surface area contributed by atoms with E-state index in [2.05, 4.69) is 4.98 Å². The topological polar surface area (TPSA) is 82.3 Å². The first kappa shape index (κ1) is 15.1. The first-order valence-electron chi connectivity index (χ1n) is 6.38. The second-order valence-electron chi connectivity index (χ2n) is 4.30. The number of rotatable bonds is 5. The number of non-ortho nitro benzene ring substituents is 1. The van der Waals surface area contributed by atoms with Crippen LogP contribution in [-0.2, 0) is 16.0 Å². The van der Waals surface area contributed by atoms with Crippen LogP contribution in [0.25, 0.3) is 11.3 Å². The van der Waals surface area contributed by atoms with Gasteiger partial charge in [-0.15, -0.1) is 11.3 Å². The molecule has 0 unspecified atom stereocenters. The molecule has 1 aromatic heterocycles. The normalized spacial score (nSPS) is 10.4. The monoisotopic (exact) mass is 306 g/mol. The maximum Gasteiger partial charge on any atom is 0.312 e. The van der Waals surface area contributed by atoms with E-state index < -0.39 is 4.92 Å². The van der Waals surface area contributed by atoms with Crippen molar-refractivity contribution in [1.82, 2.24) is 4.98 Å². The number of benzene rings is 1. The summed E-state index contributed by atoms with van der Waals surface area (Å²) in [5.41, 5.74) is 1.36. The smallest absolute Gasteiger partial charge is 0.312 e.